The molecule has 2 aromatic carbocycles. The molecule has 1 N–H and O–H groups in total. The second-order valence-corrected chi connectivity index (χ2v) is 7.00. The number of nitrogens with zero attached hydrogens (tertiary/aromatic N) is 3. The molecule has 0 unspecified atom stereocenters. The first-order valence-corrected chi connectivity index (χ1v) is 9.71. The molecule has 2 heterocycles. The number of anilines is 1. The van der Waals surface area contributed by atoms with Crippen molar-refractivity contribution in [1.82, 2.24) is 14.8 Å². The lowest BCUT2D eigenvalue weighted by molar-refractivity contribution is -0.116. The number of amides is 1. The molecule has 0 radical (unpaired) electrons. The van der Waals surface area contributed by atoms with E-state index >= 15 is 0 Å². The maximum absolute atomic E-state index is 12.5. The molecule has 4 rings (SSSR count). The van der Waals surface area contributed by atoms with Crippen LogP contribution in [-0.2, 0) is 24.2 Å². The highest BCUT2D eigenvalue weighted by Crippen LogP contribution is 2.27. The van der Waals surface area contributed by atoms with Gasteiger partial charge in [0.2, 0.25) is 5.91 Å². The Labute approximate surface area is 169 Å². The molecule has 0 saturated carbocycles. The largest absolute Gasteiger partial charge is 0.497 e. The van der Waals surface area contributed by atoms with E-state index < -0.39 is 0 Å². The van der Waals surface area contributed by atoms with Gasteiger partial charge in [-0.3, -0.25) is 4.79 Å². The number of hydrogen-bond acceptors (Lipinski definition) is 5. The molecule has 0 aliphatic carbocycles. The van der Waals surface area contributed by atoms with Crippen molar-refractivity contribution in [1.29, 1.82) is 0 Å². The maximum Gasteiger partial charge on any atom is 0.224 e. The number of benzene rings is 2. The monoisotopic (exact) mass is 392 g/mol. The molecule has 1 amide bonds. The molecule has 1 aliphatic heterocycles. The van der Waals surface area contributed by atoms with Gasteiger partial charge >= 0.3 is 0 Å². The van der Waals surface area contributed by atoms with Crippen molar-refractivity contribution in [3.05, 3.63) is 53.9 Å². The first-order chi connectivity index (χ1) is 14.2. The first kappa shape index (κ1) is 19.0. The maximum atomic E-state index is 12.5. The summed E-state index contributed by atoms with van der Waals surface area (Å²) in [6, 6.07) is 13.3. The highest BCUT2D eigenvalue weighted by Gasteiger charge is 2.18. The van der Waals surface area contributed by atoms with E-state index in [2.05, 4.69) is 20.1 Å². The number of aromatic nitrogens is 3. The van der Waals surface area contributed by atoms with E-state index in [0.717, 1.165) is 59.3 Å². The summed E-state index contributed by atoms with van der Waals surface area (Å²) in [6.45, 7) is 0.941. The summed E-state index contributed by atoms with van der Waals surface area (Å²) in [5.41, 5.74) is 2.65. The average molecular weight is 392 g/mol. The third-order valence-corrected chi connectivity index (χ3v) is 5.12. The molecule has 3 aromatic rings. The van der Waals surface area contributed by atoms with E-state index in [4.69, 9.17) is 9.47 Å². The third-order valence-electron chi connectivity index (χ3n) is 5.12. The minimum Gasteiger partial charge on any atom is -0.497 e. The molecule has 0 spiro atoms. The summed E-state index contributed by atoms with van der Waals surface area (Å²) in [7, 11) is 3.24. The van der Waals surface area contributed by atoms with E-state index in [1.807, 2.05) is 42.5 Å². The molecule has 0 bridgehead atoms. The van der Waals surface area contributed by atoms with E-state index in [0.29, 0.717) is 12.8 Å². The summed E-state index contributed by atoms with van der Waals surface area (Å²) >= 11 is 0. The highest BCUT2D eigenvalue weighted by atomic mass is 16.5. The first-order valence-electron chi connectivity index (χ1n) is 9.71. The predicted molar refractivity (Wildman–Crippen MR) is 110 cm³/mol. The molecule has 7 heteroatoms. The molecule has 1 aromatic heterocycles. The van der Waals surface area contributed by atoms with Crippen LogP contribution in [0.1, 0.15) is 24.2 Å². The molecule has 29 heavy (non-hydrogen) atoms. The van der Waals surface area contributed by atoms with Gasteiger partial charge in [-0.2, -0.15) is 0 Å². The van der Waals surface area contributed by atoms with Crippen molar-refractivity contribution >= 4 is 11.6 Å². The van der Waals surface area contributed by atoms with Crippen LogP contribution in [-0.4, -0.2) is 34.9 Å². The number of carbonyl (C=O) groups excluding carboxylic acids is 1. The van der Waals surface area contributed by atoms with Gasteiger partial charge in [-0.25, -0.2) is 0 Å². The summed E-state index contributed by atoms with van der Waals surface area (Å²) < 4.78 is 12.8. The zero-order chi connectivity index (χ0) is 20.2. The Balaban J connectivity index is 1.43. The summed E-state index contributed by atoms with van der Waals surface area (Å²) in [6.07, 6.45) is 2.97. The van der Waals surface area contributed by atoms with Crippen molar-refractivity contribution in [2.24, 2.45) is 0 Å². The van der Waals surface area contributed by atoms with Gasteiger partial charge in [0.05, 0.1) is 14.2 Å². The second-order valence-electron chi connectivity index (χ2n) is 7.00. The van der Waals surface area contributed by atoms with Crippen LogP contribution >= 0.6 is 0 Å². The number of fused-ring (bicyclic) bond motifs is 1. The van der Waals surface area contributed by atoms with E-state index in [1.54, 1.807) is 14.2 Å². The molecule has 0 saturated heterocycles. The number of rotatable bonds is 7. The van der Waals surface area contributed by atoms with Gasteiger partial charge in [-0.1, -0.05) is 12.1 Å². The Morgan fingerprint density at radius 3 is 2.86 bits per heavy atom. The Kier molecular flexibility index (Phi) is 5.46. The summed E-state index contributed by atoms with van der Waals surface area (Å²) in [5, 5.41) is 11.6. The predicted octanol–water partition coefficient (Wildman–Crippen LogP) is 3.48. The molecule has 150 valence electrons. The molecule has 0 atom stereocenters. The van der Waals surface area contributed by atoms with Crippen LogP contribution in [0.2, 0.25) is 0 Å². The van der Waals surface area contributed by atoms with Crippen molar-refractivity contribution in [2.75, 3.05) is 19.5 Å². The molecule has 0 fully saturated rings. The Bertz CT molecular complexity index is 1030. The van der Waals surface area contributed by atoms with Crippen molar-refractivity contribution in [3.8, 4) is 22.9 Å². The summed E-state index contributed by atoms with van der Waals surface area (Å²) in [4.78, 5) is 12.5. The number of ether oxygens (including phenoxy) is 2. The van der Waals surface area contributed by atoms with Gasteiger partial charge in [0.1, 0.15) is 17.3 Å². The molecule has 1 aliphatic rings. The number of carbonyl (C=O) groups is 1. The summed E-state index contributed by atoms with van der Waals surface area (Å²) in [5.74, 6) is 3.32. The van der Waals surface area contributed by atoms with Crippen LogP contribution in [0.4, 0.5) is 5.69 Å². The van der Waals surface area contributed by atoms with E-state index in [9.17, 15) is 4.79 Å². The third kappa shape index (κ3) is 4.08. The lowest BCUT2D eigenvalue weighted by Gasteiger charge is -2.11. The van der Waals surface area contributed by atoms with E-state index in [-0.39, 0.29) is 5.91 Å². The topological polar surface area (TPSA) is 78.3 Å². The van der Waals surface area contributed by atoms with Gasteiger partial charge in [0, 0.05) is 30.6 Å². The van der Waals surface area contributed by atoms with Crippen molar-refractivity contribution in [2.45, 2.75) is 32.2 Å². The fourth-order valence-electron chi connectivity index (χ4n) is 3.65. The number of methoxy groups -OCH3 is 2. The minimum absolute atomic E-state index is 0.0569. The number of hydrogen-bond donors (Lipinski definition) is 1. The van der Waals surface area contributed by atoms with Gasteiger partial charge < -0.3 is 19.4 Å². The Hall–Kier alpha value is -3.35. The second kappa shape index (κ2) is 8.34. The minimum atomic E-state index is -0.0569. The van der Waals surface area contributed by atoms with Crippen LogP contribution < -0.4 is 14.8 Å². The van der Waals surface area contributed by atoms with Gasteiger partial charge in [0.15, 0.2) is 5.82 Å². The average Bonchev–Trinajstić information content (AvgIpc) is 3.36. The van der Waals surface area contributed by atoms with Crippen LogP contribution in [0.5, 0.6) is 11.5 Å². The van der Waals surface area contributed by atoms with Crippen LogP contribution in [0.15, 0.2) is 42.5 Å². The zero-order valence-electron chi connectivity index (χ0n) is 16.6. The van der Waals surface area contributed by atoms with Crippen molar-refractivity contribution in [3.63, 3.8) is 0 Å². The van der Waals surface area contributed by atoms with Crippen LogP contribution in [0.25, 0.3) is 11.4 Å². The van der Waals surface area contributed by atoms with Crippen molar-refractivity contribution < 1.29 is 14.3 Å². The normalized spacial score (nSPS) is 12.5. The van der Waals surface area contributed by atoms with E-state index in [1.165, 1.54) is 0 Å². The fourth-order valence-corrected chi connectivity index (χ4v) is 3.65. The zero-order valence-corrected chi connectivity index (χ0v) is 16.6. The lowest BCUT2D eigenvalue weighted by atomic mass is 10.1. The van der Waals surface area contributed by atoms with Crippen LogP contribution in [0, 0.1) is 0 Å². The van der Waals surface area contributed by atoms with Gasteiger partial charge in [0.25, 0.3) is 0 Å². The standard InChI is InChI=1S/C22H24N4O3/c1-28-18-9-10-19(29-2)15(14-18)8-11-21(27)23-17-6-3-5-16(13-17)22-25-24-20-7-4-12-26(20)22/h3,5-6,9-10,13-14H,4,7-8,11-12H2,1-2H3,(H,23,27). The molecular formula is C22H24N4O3. The molecular weight excluding hydrogens is 368 g/mol. The number of nitrogens with one attached hydrogen (secondary N) is 1. The number of aryl methyl sites for hydroxylation is 2. The van der Waals surface area contributed by atoms with Crippen LogP contribution in [0.3, 0.4) is 0 Å². The smallest absolute Gasteiger partial charge is 0.224 e. The van der Waals surface area contributed by atoms with Gasteiger partial charge in [-0.15, -0.1) is 10.2 Å². The lowest BCUT2D eigenvalue weighted by Crippen LogP contribution is -2.12. The fraction of sp³-hybridized carbons (Fsp3) is 0.318. The quantitative estimate of drug-likeness (QED) is 0.666. The highest BCUT2D eigenvalue weighted by molar-refractivity contribution is 5.91. The van der Waals surface area contributed by atoms with Gasteiger partial charge in [-0.05, 0) is 48.7 Å². The Morgan fingerprint density at radius 2 is 2.03 bits per heavy atom. The molecule has 7 nitrogen and oxygen atoms in total. The Morgan fingerprint density at radius 1 is 1.14 bits per heavy atom. The SMILES string of the molecule is COc1ccc(OC)c(CCC(=O)Nc2cccc(-c3nnc4n3CCC4)c2)c1.